The molecule has 1 heterocycles. The second-order valence-electron chi connectivity index (χ2n) is 6.03. The molecular weight excluding hydrogens is 272 g/mol. The zero-order valence-corrected chi connectivity index (χ0v) is 13.1. The SMILES string of the molecule is CN1CCN(c2c(Cc3ccccc3)ccc(N)c2N)CC1. The van der Waals surface area contributed by atoms with Gasteiger partial charge in [0.1, 0.15) is 0 Å². The Morgan fingerprint density at radius 2 is 1.59 bits per heavy atom. The summed E-state index contributed by atoms with van der Waals surface area (Å²) in [6.07, 6.45) is 0.882. The number of anilines is 3. The molecule has 116 valence electrons. The van der Waals surface area contributed by atoms with Crippen LogP contribution in [-0.4, -0.2) is 38.1 Å². The Bertz CT molecular complexity index is 631. The molecule has 0 aromatic heterocycles. The number of nitrogens with two attached hydrogens (primary N) is 2. The molecule has 1 saturated heterocycles. The van der Waals surface area contributed by atoms with Gasteiger partial charge in [0.2, 0.25) is 0 Å². The van der Waals surface area contributed by atoms with Gasteiger partial charge < -0.3 is 21.3 Å². The van der Waals surface area contributed by atoms with E-state index in [1.54, 1.807) is 0 Å². The first-order valence-corrected chi connectivity index (χ1v) is 7.79. The number of likely N-dealkylation sites (N-methyl/N-ethyl adjacent to an activating group) is 1. The molecule has 0 spiro atoms. The summed E-state index contributed by atoms with van der Waals surface area (Å²) in [5.74, 6) is 0. The van der Waals surface area contributed by atoms with Gasteiger partial charge >= 0.3 is 0 Å². The largest absolute Gasteiger partial charge is 0.397 e. The predicted molar refractivity (Wildman–Crippen MR) is 94.2 cm³/mol. The van der Waals surface area contributed by atoms with E-state index in [9.17, 15) is 0 Å². The summed E-state index contributed by atoms with van der Waals surface area (Å²) >= 11 is 0. The molecule has 4 nitrogen and oxygen atoms in total. The van der Waals surface area contributed by atoms with Crippen molar-refractivity contribution in [3.05, 3.63) is 53.6 Å². The minimum Gasteiger partial charge on any atom is -0.397 e. The summed E-state index contributed by atoms with van der Waals surface area (Å²) in [5.41, 5.74) is 17.4. The highest BCUT2D eigenvalue weighted by molar-refractivity contribution is 5.82. The zero-order valence-electron chi connectivity index (χ0n) is 13.1. The summed E-state index contributed by atoms with van der Waals surface area (Å²) in [5, 5.41) is 0. The van der Waals surface area contributed by atoms with Crippen LogP contribution in [0.5, 0.6) is 0 Å². The highest BCUT2D eigenvalue weighted by Crippen LogP contribution is 2.34. The summed E-state index contributed by atoms with van der Waals surface area (Å²) in [7, 11) is 2.16. The molecule has 0 radical (unpaired) electrons. The van der Waals surface area contributed by atoms with Crippen molar-refractivity contribution in [2.24, 2.45) is 0 Å². The Balaban J connectivity index is 1.94. The maximum absolute atomic E-state index is 6.32. The van der Waals surface area contributed by atoms with Crippen LogP contribution in [0.15, 0.2) is 42.5 Å². The van der Waals surface area contributed by atoms with E-state index in [0.717, 1.165) is 44.0 Å². The van der Waals surface area contributed by atoms with Gasteiger partial charge in [0.05, 0.1) is 17.1 Å². The van der Waals surface area contributed by atoms with Gasteiger partial charge in [-0.15, -0.1) is 0 Å². The molecule has 1 aliphatic rings. The standard InChI is InChI=1S/C18H24N4/c1-21-9-11-22(12-10-21)18-15(7-8-16(19)17(18)20)13-14-5-3-2-4-6-14/h2-8H,9-13,19-20H2,1H3. The van der Waals surface area contributed by atoms with Crippen molar-refractivity contribution in [3.8, 4) is 0 Å². The van der Waals surface area contributed by atoms with Crippen LogP contribution >= 0.6 is 0 Å². The molecule has 0 saturated carbocycles. The summed E-state index contributed by atoms with van der Waals surface area (Å²) in [6.45, 7) is 4.09. The number of hydrogen-bond donors (Lipinski definition) is 2. The minimum atomic E-state index is 0.672. The third-order valence-electron chi connectivity index (χ3n) is 4.39. The molecule has 0 aliphatic carbocycles. The van der Waals surface area contributed by atoms with E-state index >= 15 is 0 Å². The van der Waals surface area contributed by atoms with Gasteiger partial charge in [-0.1, -0.05) is 36.4 Å². The van der Waals surface area contributed by atoms with Crippen molar-refractivity contribution in [3.63, 3.8) is 0 Å². The topological polar surface area (TPSA) is 58.5 Å². The van der Waals surface area contributed by atoms with E-state index in [0.29, 0.717) is 5.69 Å². The van der Waals surface area contributed by atoms with Crippen LogP contribution in [-0.2, 0) is 6.42 Å². The van der Waals surface area contributed by atoms with Crippen molar-refractivity contribution < 1.29 is 0 Å². The Morgan fingerprint density at radius 3 is 2.27 bits per heavy atom. The average molecular weight is 296 g/mol. The van der Waals surface area contributed by atoms with Gasteiger partial charge in [-0.3, -0.25) is 0 Å². The summed E-state index contributed by atoms with van der Waals surface area (Å²) in [4.78, 5) is 4.72. The van der Waals surface area contributed by atoms with Gasteiger partial charge in [0.25, 0.3) is 0 Å². The number of hydrogen-bond acceptors (Lipinski definition) is 4. The first-order chi connectivity index (χ1) is 10.6. The Kier molecular flexibility index (Phi) is 4.20. The molecule has 2 aromatic carbocycles. The third kappa shape index (κ3) is 3.02. The first kappa shape index (κ1) is 14.7. The van der Waals surface area contributed by atoms with Crippen molar-refractivity contribution in [2.75, 3.05) is 49.6 Å². The molecule has 22 heavy (non-hydrogen) atoms. The van der Waals surface area contributed by atoms with Crippen LogP contribution in [0.2, 0.25) is 0 Å². The predicted octanol–water partition coefficient (Wildman–Crippen LogP) is 2.19. The fraction of sp³-hybridized carbons (Fsp3) is 0.333. The van der Waals surface area contributed by atoms with Crippen molar-refractivity contribution in [1.29, 1.82) is 0 Å². The fourth-order valence-corrected chi connectivity index (χ4v) is 3.03. The molecule has 4 heteroatoms. The molecule has 0 unspecified atom stereocenters. The molecular formula is C18H24N4. The van der Waals surface area contributed by atoms with Crippen LogP contribution in [0.4, 0.5) is 17.1 Å². The van der Waals surface area contributed by atoms with Gasteiger partial charge in [-0.05, 0) is 30.7 Å². The maximum atomic E-state index is 6.32. The molecule has 0 atom stereocenters. The van der Waals surface area contributed by atoms with E-state index in [-0.39, 0.29) is 0 Å². The summed E-state index contributed by atoms with van der Waals surface area (Å²) < 4.78 is 0. The lowest BCUT2D eigenvalue weighted by atomic mass is 10.00. The van der Waals surface area contributed by atoms with E-state index in [4.69, 9.17) is 11.5 Å². The van der Waals surface area contributed by atoms with Crippen LogP contribution in [0.1, 0.15) is 11.1 Å². The summed E-state index contributed by atoms with van der Waals surface area (Å²) in [6, 6.07) is 14.5. The van der Waals surface area contributed by atoms with Crippen molar-refractivity contribution in [1.82, 2.24) is 4.90 Å². The van der Waals surface area contributed by atoms with Crippen LogP contribution in [0, 0.1) is 0 Å². The molecule has 0 amide bonds. The Labute approximate surface area is 132 Å². The number of benzene rings is 2. The highest BCUT2D eigenvalue weighted by atomic mass is 15.3. The van der Waals surface area contributed by atoms with Crippen LogP contribution in [0.3, 0.4) is 0 Å². The fourth-order valence-electron chi connectivity index (χ4n) is 3.03. The smallest absolute Gasteiger partial charge is 0.0788 e. The monoisotopic (exact) mass is 296 g/mol. The molecule has 1 fully saturated rings. The Morgan fingerprint density at radius 1 is 0.909 bits per heavy atom. The number of nitrogens with zero attached hydrogens (tertiary/aromatic N) is 2. The second-order valence-corrected chi connectivity index (χ2v) is 6.03. The lowest BCUT2D eigenvalue weighted by Gasteiger charge is -2.36. The maximum Gasteiger partial charge on any atom is 0.0788 e. The van der Waals surface area contributed by atoms with Gasteiger partial charge in [-0.25, -0.2) is 0 Å². The highest BCUT2D eigenvalue weighted by Gasteiger charge is 2.20. The molecule has 4 N–H and O–H groups in total. The first-order valence-electron chi connectivity index (χ1n) is 7.79. The minimum absolute atomic E-state index is 0.672. The molecule has 1 aliphatic heterocycles. The van der Waals surface area contributed by atoms with Gasteiger partial charge in [-0.2, -0.15) is 0 Å². The molecule has 3 rings (SSSR count). The van der Waals surface area contributed by atoms with Gasteiger partial charge in [0.15, 0.2) is 0 Å². The quantitative estimate of drug-likeness (QED) is 0.853. The molecule has 2 aromatic rings. The lowest BCUT2D eigenvalue weighted by Crippen LogP contribution is -2.45. The van der Waals surface area contributed by atoms with Crippen molar-refractivity contribution in [2.45, 2.75) is 6.42 Å². The van der Waals surface area contributed by atoms with Crippen LogP contribution in [0.25, 0.3) is 0 Å². The van der Waals surface area contributed by atoms with Crippen molar-refractivity contribution >= 4 is 17.1 Å². The van der Waals surface area contributed by atoms with E-state index in [2.05, 4.69) is 47.2 Å². The van der Waals surface area contributed by atoms with E-state index < -0.39 is 0 Å². The molecule has 0 bridgehead atoms. The number of piperazine rings is 1. The Hall–Kier alpha value is -2.20. The third-order valence-corrected chi connectivity index (χ3v) is 4.39. The normalized spacial score (nSPS) is 16.0. The van der Waals surface area contributed by atoms with Crippen LogP contribution < -0.4 is 16.4 Å². The number of nitrogen functional groups attached to an aromatic ring is 2. The zero-order chi connectivity index (χ0) is 15.5. The number of rotatable bonds is 3. The van der Waals surface area contributed by atoms with E-state index in [1.807, 2.05) is 12.1 Å². The lowest BCUT2D eigenvalue weighted by molar-refractivity contribution is 0.313. The average Bonchev–Trinajstić information content (AvgIpc) is 2.54. The van der Waals surface area contributed by atoms with Gasteiger partial charge in [0, 0.05) is 26.2 Å². The second kappa shape index (κ2) is 6.28. The van der Waals surface area contributed by atoms with E-state index in [1.165, 1.54) is 11.1 Å².